The molecule has 0 amide bonds. The Kier molecular flexibility index (Phi) is 4.31. The van der Waals surface area contributed by atoms with Crippen LogP contribution in [-0.4, -0.2) is 18.1 Å². The fraction of sp³-hybridized carbons (Fsp3) is 0.615. The molecule has 1 saturated carbocycles. The third-order valence-electron chi connectivity index (χ3n) is 3.28. The Bertz CT molecular complexity index is 296. The lowest BCUT2D eigenvalue weighted by Gasteiger charge is -2.18. The van der Waals surface area contributed by atoms with E-state index in [4.69, 9.17) is 10.5 Å². The maximum absolute atomic E-state index is 5.90. The van der Waals surface area contributed by atoms with E-state index in [2.05, 4.69) is 4.98 Å². The summed E-state index contributed by atoms with van der Waals surface area (Å²) in [7, 11) is 0. The summed E-state index contributed by atoms with van der Waals surface area (Å²) in [5.41, 5.74) is 6.82. The molecule has 1 aromatic rings. The summed E-state index contributed by atoms with van der Waals surface area (Å²) in [6, 6.07) is 3.95. The molecule has 0 aromatic carbocycles. The number of hydrogen-bond acceptors (Lipinski definition) is 3. The second-order valence-corrected chi connectivity index (χ2v) is 4.49. The minimum absolute atomic E-state index is 0.00861. The molecule has 88 valence electrons. The summed E-state index contributed by atoms with van der Waals surface area (Å²) in [6.45, 7) is 1.37. The van der Waals surface area contributed by atoms with Gasteiger partial charge in [0.05, 0.1) is 12.7 Å². The highest BCUT2D eigenvalue weighted by molar-refractivity contribution is 5.12. The quantitative estimate of drug-likeness (QED) is 0.828. The van der Waals surface area contributed by atoms with Gasteiger partial charge in [0.1, 0.15) is 0 Å². The summed E-state index contributed by atoms with van der Waals surface area (Å²) >= 11 is 0. The van der Waals surface area contributed by atoms with Gasteiger partial charge in [-0.3, -0.25) is 4.98 Å². The molecule has 0 radical (unpaired) electrons. The van der Waals surface area contributed by atoms with Gasteiger partial charge in [0, 0.05) is 24.5 Å². The minimum atomic E-state index is 0.00861. The van der Waals surface area contributed by atoms with Gasteiger partial charge >= 0.3 is 0 Å². The molecule has 3 heteroatoms. The molecule has 1 unspecified atom stereocenters. The summed E-state index contributed by atoms with van der Waals surface area (Å²) < 4.78 is 5.90. The van der Waals surface area contributed by atoms with Crippen LogP contribution in [-0.2, 0) is 4.74 Å². The molecule has 1 fully saturated rings. The molecule has 1 heterocycles. The van der Waals surface area contributed by atoms with Gasteiger partial charge in [0.25, 0.3) is 0 Å². The van der Waals surface area contributed by atoms with Gasteiger partial charge in [0.15, 0.2) is 0 Å². The Labute approximate surface area is 97.0 Å². The lowest BCUT2D eigenvalue weighted by atomic mass is 10.1. The van der Waals surface area contributed by atoms with E-state index in [9.17, 15) is 0 Å². The fourth-order valence-electron chi connectivity index (χ4n) is 2.30. The Hall–Kier alpha value is -0.930. The topological polar surface area (TPSA) is 48.1 Å². The molecule has 0 spiro atoms. The predicted octanol–water partition coefficient (Wildman–Crippen LogP) is 2.29. The van der Waals surface area contributed by atoms with Crippen LogP contribution in [0.15, 0.2) is 24.5 Å². The fourth-order valence-corrected chi connectivity index (χ4v) is 2.30. The summed E-state index contributed by atoms with van der Waals surface area (Å²) in [5, 5.41) is 0. The van der Waals surface area contributed by atoms with Crippen molar-refractivity contribution in [3.05, 3.63) is 30.1 Å². The minimum Gasteiger partial charge on any atom is -0.372 e. The van der Waals surface area contributed by atoms with Crippen molar-refractivity contribution in [2.24, 2.45) is 11.7 Å². The molecule has 3 nitrogen and oxygen atoms in total. The van der Waals surface area contributed by atoms with Crippen LogP contribution in [0.4, 0.5) is 0 Å². The number of rotatable bonds is 5. The van der Waals surface area contributed by atoms with Gasteiger partial charge in [-0.15, -0.1) is 0 Å². The molecule has 0 bridgehead atoms. The van der Waals surface area contributed by atoms with Gasteiger partial charge < -0.3 is 10.5 Å². The molecule has 1 atom stereocenters. The number of ether oxygens (including phenoxy) is 1. The van der Waals surface area contributed by atoms with Crippen molar-refractivity contribution < 1.29 is 4.74 Å². The monoisotopic (exact) mass is 220 g/mol. The second-order valence-electron chi connectivity index (χ2n) is 4.49. The van der Waals surface area contributed by atoms with Crippen LogP contribution in [0.2, 0.25) is 0 Å². The Morgan fingerprint density at radius 3 is 2.88 bits per heavy atom. The van der Waals surface area contributed by atoms with Crippen LogP contribution in [0, 0.1) is 5.92 Å². The zero-order chi connectivity index (χ0) is 11.2. The van der Waals surface area contributed by atoms with E-state index in [1.54, 1.807) is 6.20 Å². The highest BCUT2D eigenvalue weighted by atomic mass is 16.5. The van der Waals surface area contributed by atoms with Crippen LogP contribution in [0.5, 0.6) is 0 Å². The lowest BCUT2D eigenvalue weighted by Crippen LogP contribution is -2.19. The maximum atomic E-state index is 5.90. The van der Waals surface area contributed by atoms with E-state index < -0.39 is 0 Å². The molecule has 1 aliphatic carbocycles. The Balaban J connectivity index is 1.85. The van der Waals surface area contributed by atoms with Crippen LogP contribution >= 0.6 is 0 Å². The summed E-state index contributed by atoms with van der Waals surface area (Å²) in [4.78, 5) is 4.10. The average molecular weight is 220 g/mol. The van der Waals surface area contributed by atoms with Crippen LogP contribution < -0.4 is 5.73 Å². The highest BCUT2D eigenvalue weighted by Crippen LogP contribution is 2.26. The van der Waals surface area contributed by atoms with E-state index in [0.29, 0.717) is 6.54 Å². The van der Waals surface area contributed by atoms with Crippen molar-refractivity contribution in [2.45, 2.75) is 31.8 Å². The first-order valence-corrected chi connectivity index (χ1v) is 6.11. The predicted molar refractivity (Wildman–Crippen MR) is 63.9 cm³/mol. The molecule has 0 aliphatic heterocycles. The molecular weight excluding hydrogens is 200 g/mol. The Morgan fingerprint density at radius 2 is 2.25 bits per heavy atom. The highest BCUT2D eigenvalue weighted by Gasteiger charge is 2.18. The van der Waals surface area contributed by atoms with Crippen molar-refractivity contribution in [2.75, 3.05) is 13.2 Å². The Morgan fingerprint density at radius 1 is 1.44 bits per heavy atom. The van der Waals surface area contributed by atoms with Crippen molar-refractivity contribution in [3.8, 4) is 0 Å². The van der Waals surface area contributed by atoms with Crippen molar-refractivity contribution in [3.63, 3.8) is 0 Å². The molecule has 16 heavy (non-hydrogen) atoms. The first-order chi connectivity index (χ1) is 7.90. The molecular formula is C13H20N2O. The molecule has 0 saturated heterocycles. The smallest absolute Gasteiger partial charge is 0.0962 e. The van der Waals surface area contributed by atoms with E-state index in [1.807, 2.05) is 18.3 Å². The molecule has 2 N–H and O–H groups in total. The largest absolute Gasteiger partial charge is 0.372 e. The van der Waals surface area contributed by atoms with E-state index in [1.165, 1.54) is 25.7 Å². The third-order valence-corrected chi connectivity index (χ3v) is 3.28. The van der Waals surface area contributed by atoms with Crippen LogP contribution in [0.25, 0.3) is 0 Å². The van der Waals surface area contributed by atoms with Crippen molar-refractivity contribution in [1.82, 2.24) is 4.98 Å². The number of aromatic nitrogens is 1. The molecule has 1 aromatic heterocycles. The van der Waals surface area contributed by atoms with Gasteiger partial charge in [0.2, 0.25) is 0 Å². The van der Waals surface area contributed by atoms with Gasteiger partial charge in [-0.2, -0.15) is 0 Å². The SMILES string of the molecule is NCC(OCC1CCCC1)c1cccnc1. The number of pyridine rings is 1. The van der Waals surface area contributed by atoms with E-state index in [0.717, 1.165) is 18.1 Å². The van der Waals surface area contributed by atoms with Crippen LogP contribution in [0.1, 0.15) is 37.4 Å². The summed E-state index contributed by atoms with van der Waals surface area (Å²) in [6.07, 6.45) is 8.95. The zero-order valence-corrected chi connectivity index (χ0v) is 9.64. The number of hydrogen-bond donors (Lipinski definition) is 1. The third kappa shape index (κ3) is 3.03. The number of nitrogens with zero attached hydrogens (tertiary/aromatic N) is 1. The van der Waals surface area contributed by atoms with E-state index in [-0.39, 0.29) is 6.10 Å². The molecule has 1 aliphatic rings. The number of nitrogens with two attached hydrogens (primary N) is 1. The second kappa shape index (κ2) is 5.97. The van der Waals surface area contributed by atoms with E-state index >= 15 is 0 Å². The lowest BCUT2D eigenvalue weighted by molar-refractivity contribution is 0.0344. The zero-order valence-electron chi connectivity index (χ0n) is 9.64. The molecule has 2 rings (SSSR count). The van der Waals surface area contributed by atoms with Crippen molar-refractivity contribution in [1.29, 1.82) is 0 Å². The standard InChI is InChI=1S/C13H20N2O/c14-8-13(12-6-3-7-15-9-12)16-10-11-4-1-2-5-11/h3,6-7,9,11,13H,1-2,4-5,8,10,14H2. The average Bonchev–Trinajstić information content (AvgIpc) is 2.84. The summed E-state index contributed by atoms with van der Waals surface area (Å²) in [5.74, 6) is 0.741. The van der Waals surface area contributed by atoms with Gasteiger partial charge in [-0.05, 0) is 24.8 Å². The van der Waals surface area contributed by atoms with Crippen molar-refractivity contribution >= 4 is 0 Å². The van der Waals surface area contributed by atoms with Crippen LogP contribution in [0.3, 0.4) is 0 Å². The van der Waals surface area contributed by atoms with Gasteiger partial charge in [-0.1, -0.05) is 18.9 Å². The van der Waals surface area contributed by atoms with Gasteiger partial charge in [-0.25, -0.2) is 0 Å². The first kappa shape index (κ1) is 11.6. The first-order valence-electron chi connectivity index (χ1n) is 6.11. The normalized spacial score (nSPS) is 18.8. The maximum Gasteiger partial charge on any atom is 0.0962 e.